The molecule has 1 aromatic heterocycles. The Balaban J connectivity index is 2.13. The molecule has 1 aliphatic rings. The molecular formula is C8H12N4. The molecule has 0 radical (unpaired) electrons. The van der Waals surface area contributed by atoms with Crippen molar-refractivity contribution in [1.29, 1.82) is 0 Å². The fraction of sp³-hybridized carbons (Fsp3) is 0.500. The highest BCUT2D eigenvalue weighted by Gasteiger charge is 2.23. The van der Waals surface area contributed by atoms with E-state index in [1.54, 1.807) is 6.20 Å². The molecule has 1 saturated heterocycles. The lowest BCUT2D eigenvalue weighted by Crippen LogP contribution is -2.56. The van der Waals surface area contributed by atoms with Crippen LogP contribution in [0, 0.1) is 6.92 Å². The van der Waals surface area contributed by atoms with E-state index < -0.39 is 0 Å². The van der Waals surface area contributed by atoms with E-state index in [0.717, 1.165) is 24.7 Å². The quantitative estimate of drug-likeness (QED) is 0.631. The summed E-state index contributed by atoms with van der Waals surface area (Å²) in [7, 11) is 0. The van der Waals surface area contributed by atoms with Crippen LogP contribution in [0.2, 0.25) is 0 Å². The smallest absolute Gasteiger partial charge is 0.132 e. The number of anilines is 1. The Bertz CT molecular complexity index is 280. The van der Waals surface area contributed by atoms with Crippen LogP contribution >= 0.6 is 0 Å². The largest absolute Gasteiger partial charge is 0.353 e. The van der Waals surface area contributed by atoms with Crippen molar-refractivity contribution < 1.29 is 0 Å². The van der Waals surface area contributed by atoms with Crippen LogP contribution in [0.1, 0.15) is 5.82 Å². The number of hydrogen-bond donors (Lipinski definition) is 1. The SMILES string of the molecule is Cc1nccc(N2CC(N)C2)n1. The predicted octanol–water partition coefficient (Wildman–Crippen LogP) is -0.0677. The van der Waals surface area contributed by atoms with Gasteiger partial charge in [0.15, 0.2) is 0 Å². The molecule has 4 nitrogen and oxygen atoms in total. The lowest BCUT2D eigenvalue weighted by atomic mass is 10.1. The Labute approximate surface area is 71.4 Å². The zero-order valence-corrected chi connectivity index (χ0v) is 7.07. The first-order chi connectivity index (χ1) is 5.75. The molecule has 2 rings (SSSR count). The highest BCUT2D eigenvalue weighted by Crippen LogP contribution is 2.15. The van der Waals surface area contributed by atoms with Gasteiger partial charge < -0.3 is 10.6 Å². The molecule has 0 aromatic carbocycles. The third kappa shape index (κ3) is 1.25. The number of hydrogen-bond acceptors (Lipinski definition) is 4. The van der Waals surface area contributed by atoms with E-state index in [9.17, 15) is 0 Å². The normalized spacial score (nSPS) is 17.7. The van der Waals surface area contributed by atoms with Gasteiger partial charge in [0.2, 0.25) is 0 Å². The van der Waals surface area contributed by atoms with Crippen molar-refractivity contribution in [3.63, 3.8) is 0 Å². The van der Waals surface area contributed by atoms with Gasteiger partial charge in [-0.25, -0.2) is 9.97 Å². The molecule has 64 valence electrons. The molecule has 1 aromatic rings. The molecule has 0 saturated carbocycles. The van der Waals surface area contributed by atoms with Crippen molar-refractivity contribution in [3.05, 3.63) is 18.1 Å². The minimum absolute atomic E-state index is 0.320. The van der Waals surface area contributed by atoms with Gasteiger partial charge in [0.1, 0.15) is 11.6 Å². The molecule has 1 aliphatic heterocycles. The summed E-state index contributed by atoms with van der Waals surface area (Å²) in [4.78, 5) is 10.5. The van der Waals surface area contributed by atoms with Crippen LogP contribution in [-0.4, -0.2) is 29.1 Å². The molecule has 0 bridgehead atoms. The van der Waals surface area contributed by atoms with Gasteiger partial charge in [-0.05, 0) is 13.0 Å². The van der Waals surface area contributed by atoms with E-state index in [0.29, 0.717) is 6.04 Å². The summed E-state index contributed by atoms with van der Waals surface area (Å²) >= 11 is 0. The Hall–Kier alpha value is -1.16. The summed E-state index contributed by atoms with van der Waals surface area (Å²) in [6.45, 7) is 3.72. The van der Waals surface area contributed by atoms with E-state index in [1.807, 2.05) is 13.0 Å². The second-order valence-corrected chi connectivity index (χ2v) is 3.13. The van der Waals surface area contributed by atoms with Crippen LogP contribution in [0.5, 0.6) is 0 Å². The molecule has 0 spiro atoms. The second-order valence-electron chi connectivity index (χ2n) is 3.13. The van der Waals surface area contributed by atoms with Crippen molar-refractivity contribution in [2.45, 2.75) is 13.0 Å². The molecule has 12 heavy (non-hydrogen) atoms. The number of nitrogens with zero attached hydrogens (tertiary/aromatic N) is 3. The standard InChI is InChI=1S/C8H12N4/c1-6-10-3-2-8(11-6)12-4-7(9)5-12/h2-3,7H,4-5,9H2,1H3. The average Bonchev–Trinajstić information content (AvgIpc) is 1.99. The Kier molecular flexibility index (Phi) is 1.69. The first-order valence-electron chi connectivity index (χ1n) is 4.06. The highest BCUT2D eigenvalue weighted by molar-refractivity contribution is 5.41. The maximum absolute atomic E-state index is 5.66. The topological polar surface area (TPSA) is 55.0 Å². The summed E-state index contributed by atoms with van der Waals surface area (Å²) in [6.07, 6.45) is 1.78. The van der Waals surface area contributed by atoms with Crippen molar-refractivity contribution in [2.75, 3.05) is 18.0 Å². The van der Waals surface area contributed by atoms with Gasteiger partial charge >= 0.3 is 0 Å². The highest BCUT2D eigenvalue weighted by atomic mass is 15.3. The van der Waals surface area contributed by atoms with Crippen molar-refractivity contribution in [3.8, 4) is 0 Å². The fourth-order valence-electron chi connectivity index (χ4n) is 1.32. The van der Waals surface area contributed by atoms with E-state index in [-0.39, 0.29) is 0 Å². The number of nitrogens with two attached hydrogens (primary N) is 1. The maximum atomic E-state index is 5.66. The van der Waals surface area contributed by atoms with Crippen LogP contribution in [0.25, 0.3) is 0 Å². The Morgan fingerprint density at radius 3 is 2.92 bits per heavy atom. The van der Waals surface area contributed by atoms with E-state index >= 15 is 0 Å². The lowest BCUT2D eigenvalue weighted by molar-refractivity contribution is 0.513. The Morgan fingerprint density at radius 2 is 2.33 bits per heavy atom. The van der Waals surface area contributed by atoms with E-state index in [2.05, 4.69) is 14.9 Å². The monoisotopic (exact) mass is 164 g/mol. The molecule has 2 N–H and O–H groups in total. The van der Waals surface area contributed by atoms with Gasteiger partial charge in [-0.1, -0.05) is 0 Å². The summed E-state index contributed by atoms with van der Waals surface area (Å²) in [6, 6.07) is 2.24. The van der Waals surface area contributed by atoms with Crippen LogP contribution in [0.4, 0.5) is 5.82 Å². The molecule has 0 aliphatic carbocycles. The zero-order valence-electron chi connectivity index (χ0n) is 7.07. The van der Waals surface area contributed by atoms with Gasteiger partial charge in [0.25, 0.3) is 0 Å². The second kappa shape index (κ2) is 2.71. The Morgan fingerprint density at radius 1 is 1.58 bits per heavy atom. The predicted molar refractivity (Wildman–Crippen MR) is 47.0 cm³/mol. The summed E-state index contributed by atoms with van der Waals surface area (Å²) in [5.41, 5.74) is 5.66. The molecular weight excluding hydrogens is 152 g/mol. The van der Waals surface area contributed by atoms with Crippen LogP contribution in [-0.2, 0) is 0 Å². The molecule has 0 atom stereocenters. The van der Waals surface area contributed by atoms with E-state index in [1.165, 1.54) is 0 Å². The number of rotatable bonds is 1. The van der Waals surface area contributed by atoms with Crippen molar-refractivity contribution in [2.24, 2.45) is 5.73 Å². The minimum Gasteiger partial charge on any atom is -0.353 e. The molecule has 2 heterocycles. The van der Waals surface area contributed by atoms with Gasteiger partial charge in [-0.2, -0.15) is 0 Å². The first-order valence-corrected chi connectivity index (χ1v) is 4.06. The van der Waals surface area contributed by atoms with Gasteiger partial charge in [-0.3, -0.25) is 0 Å². The van der Waals surface area contributed by atoms with Gasteiger partial charge in [0, 0.05) is 25.3 Å². The summed E-state index contributed by atoms with van der Waals surface area (Å²) < 4.78 is 0. The van der Waals surface area contributed by atoms with E-state index in [4.69, 9.17) is 5.73 Å². The molecule has 1 fully saturated rings. The lowest BCUT2D eigenvalue weighted by Gasteiger charge is -2.37. The third-order valence-electron chi connectivity index (χ3n) is 2.00. The van der Waals surface area contributed by atoms with Crippen molar-refractivity contribution in [1.82, 2.24) is 9.97 Å². The number of aromatic nitrogens is 2. The fourth-order valence-corrected chi connectivity index (χ4v) is 1.32. The summed E-state index contributed by atoms with van der Waals surface area (Å²) in [5.74, 6) is 1.80. The third-order valence-corrected chi connectivity index (χ3v) is 2.00. The van der Waals surface area contributed by atoms with Crippen LogP contribution in [0.3, 0.4) is 0 Å². The average molecular weight is 164 g/mol. The van der Waals surface area contributed by atoms with Crippen LogP contribution < -0.4 is 10.6 Å². The number of aryl methyl sites for hydroxylation is 1. The minimum atomic E-state index is 0.320. The molecule has 4 heteroatoms. The molecule has 0 unspecified atom stereocenters. The maximum Gasteiger partial charge on any atom is 0.132 e. The summed E-state index contributed by atoms with van der Waals surface area (Å²) in [5, 5.41) is 0. The van der Waals surface area contributed by atoms with Gasteiger partial charge in [0.05, 0.1) is 0 Å². The zero-order chi connectivity index (χ0) is 8.55. The van der Waals surface area contributed by atoms with Crippen LogP contribution in [0.15, 0.2) is 12.3 Å². The molecule has 0 amide bonds. The first kappa shape index (κ1) is 7.49. The van der Waals surface area contributed by atoms with Crippen molar-refractivity contribution >= 4 is 5.82 Å². The van der Waals surface area contributed by atoms with Gasteiger partial charge in [-0.15, -0.1) is 0 Å².